The second-order valence-electron chi connectivity index (χ2n) is 4.43. The van der Waals surface area contributed by atoms with Gasteiger partial charge in [-0.3, -0.25) is 0 Å². The van der Waals surface area contributed by atoms with Gasteiger partial charge in [-0.2, -0.15) is 21.0 Å². The fourth-order valence-corrected chi connectivity index (χ4v) is 1.97. The van der Waals surface area contributed by atoms with Crippen molar-refractivity contribution in [3.05, 3.63) is 44.6 Å². The Balaban J connectivity index is 4.40. The Kier molecular flexibility index (Phi) is 6.53. The molecule has 0 aliphatic carbocycles. The van der Waals surface area contributed by atoms with Crippen LogP contribution in [0.2, 0.25) is 0 Å². The molecule has 0 aromatic heterocycles. The van der Waals surface area contributed by atoms with Gasteiger partial charge in [0.25, 0.3) is 0 Å². The lowest BCUT2D eigenvalue weighted by Gasteiger charge is -2.08. The smallest absolute Gasteiger partial charge is 0.171 e. The van der Waals surface area contributed by atoms with Gasteiger partial charge in [0.1, 0.15) is 60.4 Å². The molecule has 0 amide bonds. The maximum atomic E-state index is 14.4. The van der Waals surface area contributed by atoms with Crippen LogP contribution in [0.4, 0.5) is 26.3 Å². The second-order valence-corrected chi connectivity index (χ2v) is 4.43. The zero-order chi connectivity index (χ0) is 20.0. The Bertz CT molecular complexity index is 1060. The highest BCUT2D eigenvalue weighted by molar-refractivity contribution is 5.73. The third-order valence-electron chi connectivity index (χ3n) is 3.17. The number of hydrogen-bond acceptors (Lipinski definition) is 4. The van der Waals surface area contributed by atoms with Crippen molar-refractivity contribution < 1.29 is 26.3 Å². The summed E-state index contributed by atoms with van der Waals surface area (Å²) in [6, 6.07) is 4.38. The van der Waals surface area contributed by atoms with E-state index < -0.39 is 69.3 Å². The second kappa shape index (κ2) is 8.37. The number of benzene rings is 1. The summed E-state index contributed by atoms with van der Waals surface area (Å²) in [5.74, 6) is -8.40. The molecule has 0 aliphatic rings. The Morgan fingerprint density at radius 3 is 1.65 bits per heavy atom. The molecule has 0 spiro atoms. The number of hydrogen-bond donors (Lipinski definition) is 0. The maximum Gasteiger partial charge on any atom is 0.171 e. The van der Waals surface area contributed by atoms with Crippen LogP contribution in [0.1, 0.15) is 5.56 Å². The van der Waals surface area contributed by atoms with Crippen molar-refractivity contribution in [2.24, 2.45) is 0 Å². The Hall–Kier alpha value is -3.76. The molecule has 0 radical (unpaired) electrons. The molecule has 0 atom stereocenters. The van der Waals surface area contributed by atoms with Crippen molar-refractivity contribution >= 4 is 11.4 Å². The van der Waals surface area contributed by atoms with Crippen LogP contribution in [-0.2, 0) is 6.67 Å². The number of halogens is 6. The summed E-state index contributed by atoms with van der Waals surface area (Å²) in [6.45, 7) is -3.75. The van der Waals surface area contributed by atoms with Crippen molar-refractivity contribution in [1.29, 1.82) is 21.0 Å². The van der Waals surface area contributed by atoms with Gasteiger partial charge in [-0.15, -0.1) is 0 Å². The molecular weight excluding hydrogens is 362 g/mol. The van der Waals surface area contributed by atoms with E-state index in [0.29, 0.717) is 0 Å². The van der Waals surface area contributed by atoms with E-state index in [1.54, 1.807) is 0 Å². The van der Waals surface area contributed by atoms with Crippen molar-refractivity contribution in [3.8, 4) is 24.3 Å². The Labute approximate surface area is 142 Å². The summed E-state index contributed by atoms with van der Waals surface area (Å²) in [6.07, 6.45) is 0. The monoisotopic (exact) mass is 366 g/mol. The van der Waals surface area contributed by atoms with Gasteiger partial charge < -0.3 is 0 Å². The minimum Gasteiger partial charge on any atom is -0.246 e. The summed E-state index contributed by atoms with van der Waals surface area (Å²) in [7, 11) is 0. The first kappa shape index (κ1) is 20.3. The SMILES string of the molecule is N#CC(C#N)=C(CF)/C(F)=c1/c(F)c(F)c(=C(C#N)C#N)c(F)c1CF. The Morgan fingerprint density at radius 1 is 0.769 bits per heavy atom. The van der Waals surface area contributed by atoms with Crippen molar-refractivity contribution in [1.82, 2.24) is 0 Å². The molecule has 0 unspecified atom stereocenters. The molecule has 26 heavy (non-hydrogen) atoms. The average Bonchev–Trinajstić information content (AvgIpc) is 2.65. The van der Waals surface area contributed by atoms with E-state index in [0.717, 1.165) is 24.3 Å². The molecule has 0 bridgehead atoms. The van der Waals surface area contributed by atoms with E-state index in [1.807, 2.05) is 0 Å². The van der Waals surface area contributed by atoms with Crippen molar-refractivity contribution in [2.75, 3.05) is 6.67 Å². The Morgan fingerprint density at radius 2 is 1.27 bits per heavy atom. The lowest BCUT2D eigenvalue weighted by atomic mass is 10.0. The highest BCUT2D eigenvalue weighted by Gasteiger charge is 2.24. The molecule has 0 saturated heterocycles. The van der Waals surface area contributed by atoms with Gasteiger partial charge in [0.2, 0.25) is 0 Å². The standard InChI is InChI=1S/C16H4F6N4/c17-1-9(7(3-23)4-24)13(19)12-10(2-18)14(20)11(8(5-25)6-26)15(21)16(12)22/h1-2H2/b13-12-. The molecule has 0 fully saturated rings. The van der Waals surface area contributed by atoms with Gasteiger partial charge in [0.05, 0.1) is 10.4 Å². The zero-order valence-corrected chi connectivity index (χ0v) is 12.5. The third kappa shape index (κ3) is 3.22. The molecule has 130 valence electrons. The maximum absolute atomic E-state index is 14.4. The summed E-state index contributed by atoms with van der Waals surface area (Å²) in [5, 5.41) is 31.4. The molecule has 1 rings (SSSR count). The van der Waals surface area contributed by atoms with Crippen molar-refractivity contribution in [3.63, 3.8) is 0 Å². The van der Waals surface area contributed by atoms with Crippen LogP contribution in [0.3, 0.4) is 0 Å². The highest BCUT2D eigenvalue weighted by atomic mass is 19.2. The van der Waals surface area contributed by atoms with Crippen molar-refractivity contribution in [2.45, 2.75) is 6.67 Å². The van der Waals surface area contributed by atoms with Crippen LogP contribution in [0.15, 0.2) is 11.1 Å². The van der Waals surface area contributed by atoms with E-state index >= 15 is 0 Å². The first-order chi connectivity index (χ1) is 12.3. The van der Waals surface area contributed by atoms with Crippen LogP contribution < -0.4 is 10.4 Å². The fraction of sp³-hybridized carbons (Fsp3) is 0.125. The van der Waals surface area contributed by atoms with Crippen LogP contribution in [0.5, 0.6) is 0 Å². The highest BCUT2D eigenvalue weighted by Crippen LogP contribution is 2.19. The quantitative estimate of drug-likeness (QED) is 0.465. The average molecular weight is 366 g/mol. The predicted octanol–water partition coefficient (Wildman–Crippen LogP) is 2.16. The number of nitriles is 4. The molecular formula is C16H4F6N4. The topological polar surface area (TPSA) is 95.2 Å². The molecule has 1 aromatic carbocycles. The van der Waals surface area contributed by atoms with E-state index in [9.17, 15) is 26.3 Å². The summed E-state index contributed by atoms with van der Waals surface area (Å²) < 4.78 is 83.2. The van der Waals surface area contributed by atoms with Gasteiger partial charge in [-0.05, 0) is 0 Å². The molecule has 0 heterocycles. The molecule has 4 nitrogen and oxygen atoms in total. The van der Waals surface area contributed by atoms with Gasteiger partial charge in [0.15, 0.2) is 11.6 Å². The van der Waals surface area contributed by atoms with E-state index in [4.69, 9.17) is 21.0 Å². The van der Waals surface area contributed by atoms with Crippen LogP contribution in [-0.4, -0.2) is 6.67 Å². The van der Waals surface area contributed by atoms with E-state index in [1.165, 1.54) is 0 Å². The summed E-state index contributed by atoms with van der Waals surface area (Å²) in [4.78, 5) is 0. The van der Waals surface area contributed by atoms with E-state index in [2.05, 4.69) is 0 Å². The zero-order valence-electron chi connectivity index (χ0n) is 12.5. The number of nitrogens with zero attached hydrogens (tertiary/aromatic N) is 4. The largest absolute Gasteiger partial charge is 0.246 e. The number of allylic oxidation sites excluding steroid dienone is 2. The lowest BCUT2D eigenvalue weighted by molar-refractivity contribution is 0.431. The normalized spacial score (nSPS) is 10.7. The fourth-order valence-electron chi connectivity index (χ4n) is 1.97. The minimum absolute atomic E-state index is 1.08. The van der Waals surface area contributed by atoms with Crippen LogP contribution in [0.25, 0.3) is 11.4 Å². The first-order valence-corrected chi connectivity index (χ1v) is 6.39. The molecule has 0 saturated carbocycles. The number of alkyl halides is 2. The molecule has 0 N–H and O–H groups in total. The lowest BCUT2D eigenvalue weighted by Crippen LogP contribution is -2.31. The summed E-state index contributed by atoms with van der Waals surface area (Å²) in [5.41, 5.74) is -5.17. The van der Waals surface area contributed by atoms with Crippen LogP contribution in [0, 0.1) is 62.8 Å². The number of rotatable bonds is 3. The molecule has 10 heteroatoms. The molecule has 1 aromatic rings. The van der Waals surface area contributed by atoms with Gasteiger partial charge in [-0.25, -0.2) is 26.3 Å². The predicted molar refractivity (Wildman–Crippen MR) is 73.8 cm³/mol. The van der Waals surface area contributed by atoms with Crippen LogP contribution >= 0.6 is 0 Å². The van der Waals surface area contributed by atoms with Gasteiger partial charge in [0, 0.05) is 11.1 Å². The van der Waals surface area contributed by atoms with Gasteiger partial charge >= 0.3 is 0 Å². The minimum atomic E-state index is -2.21. The summed E-state index contributed by atoms with van der Waals surface area (Å²) >= 11 is 0. The van der Waals surface area contributed by atoms with Gasteiger partial charge in [-0.1, -0.05) is 0 Å². The van der Waals surface area contributed by atoms with E-state index in [-0.39, 0.29) is 0 Å². The molecule has 0 aliphatic heterocycles. The first-order valence-electron chi connectivity index (χ1n) is 6.39. The third-order valence-corrected chi connectivity index (χ3v) is 3.17.